The summed E-state index contributed by atoms with van der Waals surface area (Å²) in [5.41, 5.74) is 9.26. The number of allylic oxidation sites excluding steroid dienone is 1. The molecule has 1 aromatic carbocycles. The molecule has 0 atom stereocenters. The second kappa shape index (κ2) is 6.45. The van der Waals surface area contributed by atoms with Gasteiger partial charge in [-0.2, -0.15) is 5.10 Å². The largest absolute Gasteiger partial charge is 0.375 e. The van der Waals surface area contributed by atoms with E-state index in [0.29, 0.717) is 5.71 Å². The summed E-state index contributed by atoms with van der Waals surface area (Å²) in [6.07, 6.45) is 3.52. The smallest absolute Gasteiger partial charge is 0.269 e. The zero-order valence-electron chi connectivity index (χ0n) is 9.66. The van der Waals surface area contributed by atoms with E-state index in [1.165, 1.54) is 12.1 Å². The molecule has 0 saturated heterocycles. The van der Waals surface area contributed by atoms with Gasteiger partial charge in [0.05, 0.1) is 10.6 Å². The van der Waals surface area contributed by atoms with Gasteiger partial charge in [0.15, 0.2) is 5.11 Å². The molecule has 0 aliphatic rings. The van der Waals surface area contributed by atoms with Gasteiger partial charge in [0.1, 0.15) is 0 Å². The van der Waals surface area contributed by atoms with Crippen molar-refractivity contribution >= 4 is 34.8 Å². The second-order valence-electron chi connectivity index (χ2n) is 3.41. The molecule has 0 heterocycles. The molecule has 0 fully saturated rings. The van der Waals surface area contributed by atoms with Crippen molar-refractivity contribution in [2.75, 3.05) is 0 Å². The van der Waals surface area contributed by atoms with Crippen LogP contribution in [0.15, 0.2) is 35.4 Å². The van der Waals surface area contributed by atoms with Gasteiger partial charge in [0.2, 0.25) is 0 Å². The Morgan fingerprint density at radius 1 is 1.50 bits per heavy atom. The lowest BCUT2D eigenvalue weighted by Gasteiger charge is -1.96. The summed E-state index contributed by atoms with van der Waals surface area (Å²) in [6.45, 7) is 1.77. The normalized spacial score (nSPS) is 11.5. The summed E-state index contributed by atoms with van der Waals surface area (Å²) in [5, 5.41) is 14.4. The molecule has 3 N–H and O–H groups in total. The van der Waals surface area contributed by atoms with Crippen molar-refractivity contribution in [3.63, 3.8) is 0 Å². The molecule has 0 aliphatic heterocycles. The van der Waals surface area contributed by atoms with Gasteiger partial charge in [-0.25, -0.2) is 0 Å². The molecule has 0 amide bonds. The predicted molar refractivity (Wildman–Crippen MR) is 75.2 cm³/mol. The average Bonchev–Trinajstić information content (AvgIpc) is 2.34. The monoisotopic (exact) mass is 264 g/mol. The van der Waals surface area contributed by atoms with Gasteiger partial charge in [0, 0.05) is 12.1 Å². The highest BCUT2D eigenvalue weighted by atomic mass is 32.1. The first kappa shape index (κ1) is 13.8. The number of hydrogen-bond donors (Lipinski definition) is 2. The van der Waals surface area contributed by atoms with E-state index in [9.17, 15) is 10.1 Å². The maximum absolute atomic E-state index is 10.5. The topological polar surface area (TPSA) is 93.5 Å². The van der Waals surface area contributed by atoms with Crippen LogP contribution in [0.3, 0.4) is 0 Å². The number of rotatable bonds is 4. The predicted octanol–water partition coefficient (Wildman–Crippen LogP) is 1.82. The summed E-state index contributed by atoms with van der Waals surface area (Å²) >= 11 is 4.60. The van der Waals surface area contributed by atoms with Gasteiger partial charge < -0.3 is 5.73 Å². The Hall–Kier alpha value is -2.28. The zero-order chi connectivity index (χ0) is 13.5. The summed E-state index contributed by atoms with van der Waals surface area (Å²) < 4.78 is 0. The maximum Gasteiger partial charge on any atom is 0.269 e. The van der Waals surface area contributed by atoms with Crippen LogP contribution in [0.25, 0.3) is 6.08 Å². The van der Waals surface area contributed by atoms with Crippen LogP contribution >= 0.6 is 12.2 Å². The third-order valence-electron chi connectivity index (χ3n) is 1.96. The van der Waals surface area contributed by atoms with Crippen LogP contribution in [0, 0.1) is 10.1 Å². The van der Waals surface area contributed by atoms with E-state index >= 15 is 0 Å². The van der Waals surface area contributed by atoms with Gasteiger partial charge >= 0.3 is 0 Å². The van der Waals surface area contributed by atoms with Crippen LogP contribution in [0.1, 0.15) is 12.5 Å². The zero-order valence-corrected chi connectivity index (χ0v) is 10.5. The number of nitro benzene ring substituents is 1. The third-order valence-corrected chi connectivity index (χ3v) is 2.05. The van der Waals surface area contributed by atoms with Crippen LogP contribution in [0.2, 0.25) is 0 Å². The Bertz CT molecular complexity index is 508. The number of non-ortho nitro benzene ring substituents is 1. The Labute approximate surface area is 109 Å². The number of nitrogens with zero attached hydrogens (tertiary/aromatic N) is 2. The Balaban J connectivity index is 2.69. The van der Waals surface area contributed by atoms with Crippen LogP contribution in [-0.4, -0.2) is 15.7 Å². The minimum atomic E-state index is -0.438. The molecule has 1 rings (SSSR count). The molecule has 1 aromatic rings. The number of hydrogen-bond acceptors (Lipinski definition) is 4. The van der Waals surface area contributed by atoms with Crippen LogP contribution in [0.4, 0.5) is 5.69 Å². The molecule has 0 bridgehead atoms. The standard InChI is InChI=1S/C11H12N4O2S/c1-8(13-14-11(12)18)2-3-9-4-6-10(7-5-9)15(16)17/h2-7H,1H3,(H3,12,14,18). The molecule has 0 aromatic heterocycles. The lowest BCUT2D eigenvalue weighted by atomic mass is 10.2. The number of hydrazone groups is 1. The lowest BCUT2D eigenvalue weighted by Crippen LogP contribution is -2.24. The molecule has 0 unspecified atom stereocenters. The van der Waals surface area contributed by atoms with E-state index in [2.05, 4.69) is 22.7 Å². The van der Waals surface area contributed by atoms with Gasteiger partial charge in [-0.05, 0) is 42.9 Å². The van der Waals surface area contributed by atoms with Crippen molar-refractivity contribution in [2.24, 2.45) is 10.8 Å². The van der Waals surface area contributed by atoms with E-state index in [4.69, 9.17) is 5.73 Å². The highest BCUT2D eigenvalue weighted by Crippen LogP contribution is 2.12. The van der Waals surface area contributed by atoms with E-state index in [0.717, 1.165) is 5.56 Å². The molecule has 94 valence electrons. The maximum atomic E-state index is 10.5. The minimum Gasteiger partial charge on any atom is -0.375 e. The fraction of sp³-hybridized carbons (Fsp3) is 0.0909. The van der Waals surface area contributed by atoms with Crippen molar-refractivity contribution in [3.05, 3.63) is 46.0 Å². The highest BCUT2D eigenvalue weighted by molar-refractivity contribution is 7.80. The first-order valence-corrected chi connectivity index (χ1v) is 5.42. The third kappa shape index (κ3) is 4.71. The van der Waals surface area contributed by atoms with Crippen molar-refractivity contribution in [2.45, 2.75) is 6.92 Å². The summed E-state index contributed by atoms with van der Waals surface area (Å²) in [5.74, 6) is 0. The fourth-order valence-electron chi connectivity index (χ4n) is 1.10. The van der Waals surface area contributed by atoms with Crippen LogP contribution in [-0.2, 0) is 0 Å². The van der Waals surface area contributed by atoms with Crippen molar-refractivity contribution < 1.29 is 4.92 Å². The molecule has 7 heteroatoms. The molecular formula is C11H12N4O2S. The molecule has 0 saturated carbocycles. The van der Waals surface area contributed by atoms with Gasteiger partial charge in [-0.15, -0.1) is 0 Å². The summed E-state index contributed by atoms with van der Waals surface area (Å²) in [4.78, 5) is 10.0. The van der Waals surface area contributed by atoms with E-state index in [1.54, 1.807) is 31.2 Å². The fourth-order valence-corrected chi connectivity index (χ4v) is 1.15. The molecule has 6 nitrogen and oxygen atoms in total. The molecule has 18 heavy (non-hydrogen) atoms. The Kier molecular flexibility index (Phi) is 4.94. The quantitative estimate of drug-likeness (QED) is 0.374. The summed E-state index contributed by atoms with van der Waals surface area (Å²) in [7, 11) is 0. The first-order chi connectivity index (χ1) is 8.49. The van der Waals surface area contributed by atoms with Gasteiger partial charge in [0.25, 0.3) is 5.69 Å². The molecule has 0 aliphatic carbocycles. The number of nitrogens with two attached hydrogens (primary N) is 1. The number of benzene rings is 1. The van der Waals surface area contributed by atoms with E-state index < -0.39 is 4.92 Å². The van der Waals surface area contributed by atoms with Crippen molar-refractivity contribution in [3.8, 4) is 0 Å². The SMILES string of the molecule is CC(C=Cc1ccc([N+](=O)[O-])cc1)=NNC(N)=S. The number of nitrogens with one attached hydrogen (secondary N) is 1. The van der Waals surface area contributed by atoms with Gasteiger partial charge in [-0.3, -0.25) is 15.5 Å². The van der Waals surface area contributed by atoms with Crippen LogP contribution < -0.4 is 11.2 Å². The molecule has 0 radical (unpaired) electrons. The summed E-state index contributed by atoms with van der Waals surface area (Å²) in [6, 6.07) is 6.20. The minimum absolute atomic E-state index is 0.0627. The lowest BCUT2D eigenvalue weighted by molar-refractivity contribution is -0.384. The van der Waals surface area contributed by atoms with E-state index in [-0.39, 0.29) is 10.8 Å². The number of nitro groups is 1. The van der Waals surface area contributed by atoms with Crippen molar-refractivity contribution in [1.29, 1.82) is 0 Å². The number of thiocarbonyl (C=S) groups is 1. The Morgan fingerprint density at radius 3 is 2.61 bits per heavy atom. The molecular weight excluding hydrogens is 252 g/mol. The molecule has 0 spiro atoms. The van der Waals surface area contributed by atoms with Crippen molar-refractivity contribution in [1.82, 2.24) is 5.43 Å². The second-order valence-corrected chi connectivity index (χ2v) is 3.85. The van der Waals surface area contributed by atoms with Crippen LogP contribution in [0.5, 0.6) is 0 Å². The van der Waals surface area contributed by atoms with E-state index in [1.807, 2.05) is 0 Å². The van der Waals surface area contributed by atoms with Gasteiger partial charge in [-0.1, -0.05) is 6.08 Å². The Morgan fingerprint density at radius 2 is 2.11 bits per heavy atom. The average molecular weight is 264 g/mol. The first-order valence-electron chi connectivity index (χ1n) is 5.01. The highest BCUT2D eigenvalue weighted by Gasteiger charge is 2.01.